The molecule has 140 valence electrons. The molecule has 3 aromatic rings. The zero-order valence-electron chi connectivity index (χ0n) is 14.7. The van der Waals surface area contributed by atoms with Crippen LogP contribution in [0.2, 0.25) is 0 Å². The molecular formula is C20H17F2NO3S. The van der Waals surface area contributed by atoms with Crippen molar-refractivity contribution < 1.29 is 23.1 Å². The zero-order chi connectivity index (χ0) is 19.6. The Labute approximate surface area is 158 Å². The highest BCUT2D eigenvalue weighted by molar-refractivity contribution is 7.20. The van der Waals surface area contributed by atoms with E-state index in [0.717, 1.165) is 16.9 Å². The van der Waals surface area contributed by atoms with Crippen molar-refractivity contribution in [2.45, 2.75) is 26.0 Å². The largest absolute Gasteiger partial charge is 0.448 e. The Morgan fingerprint density at radius 3 is 2.44 bits per heavy atom. The van der Waals surface area contributed by atoms with Crippen LogP contribution >= 0.6 is 11.3 Å². The fourth-order valence-electron chi connectivity index (χ4n) is 2.56. The van der Waals surface area contributed by atoms with E-state index in [-0.39, 0.29) is 16.7 Å². The van der Waals surface area contributed by atoms with Gasteiger partial charge < -0.3 is 10.1 Å². The second-order valence-electron chi connectivity index (χ2n) is 6.09. The van der Waals surface area contributed by atoms with E-state index in [9.17, 15) is 18.4 Å². The van der Waals surface area contributed by atoms with Gasteiger partial charge in [-0.1, -0.05) is 18.2 Å². The van der Waals surface area contributed by atoms with Crippen molar-refractivity contribution in [2.75, 3.05) is 0 Å². The minimum absolute atomic E-state index is 0.223. The highest BCUT2D eigenvalue weighted by Gasteiger charge is 2.22. The Bertz CT molecular complexity index is 985. The smallest absolute Gasteiger partial charge is 0.349 e. The number of benzene rings is 2. The number of ether oxygens (including phenoxy) is 1. The number of thiophene rings is 1. The molecule has 0 saturated heterocycles. The molecule has 1 heterocycles. The number of carbonyl (C=O) groups is 2. The summed E-state index contributed by atoms with van der Waals surface area (Å²) < 4.78 is 32.6. The molecule has 27 heavy (non-hydrogen) atoms. The van der Waals surface area contributed by atoms with Crippen molar-refractivity contribution in [3.8, 4) is 0 Å². The molecule has 0 aliphatic rings. The van der Waals surface area contributed by atoms with Crippen LogP contribution in [0.25, 0.3) is 10.1 Å². The lowest BCUT2D eigenvalue weighted by atomic mass is 10.1. The van der Waals surface area contributed by atoms with Gasteiger partial charge in [0, 0.05) is 10.1 Å². The maximum Gasteiger partial charge on any atom is 0.349 e. The van der Waals surface area contributed by atoms with Crippen molar-refractivity contribution in [3.05, 3.63) is 70.6 Å². The lowest BCUT2D eigenvalue weighted by Crippen LogP contribution is -2.37. The lowest BCUT2D eigenvalue weighted by molar-refractivity contribution is -0.129. The first-order valence-electron chi connectivity index (χ1n) is 8.30. The van der Waals surface area contributed by atoms with Gasteiger partial charge in [-0.3, -0.25) is 4.79 Å². The molecule has 0 radical (unpaired) electrons. The van der Waals surface area contributed by atoms with E-state index in [1.54, 1.807) is 31.2 Å². The number of nitrogens with one attached hydrogen (secondary N) is 1. The van der Waals surface area contributed by atoms with Crippen molar-refractivity contribution in [2.24, 2.45) is 0 Å². The second kappa shape index (κ2) is 7.84. The SMILES string of the molecule is C[C@H](OC(=O)c1cc2c(F)cccc2s1)C(=O)N[C@@H](C)c1ccc(F)cc1. The van der Waals surface area contributed by atoms with Gasteiger partial charge in [-0.2, -0.15) is 0 Å². The predicted octanol–water partition coefficient (Wildman–Crippen LogP) is 4.60. The Hall–Kier alpha value is -2.80. The van der Waals surface area contributed by atoms with Crippen molar-refractivity contribution in [3.63, 3.8) is 0 Å². The molecule has 0 aliphatic heterocycles. The first-order chi connectivity index (χ1) is 12.8. The van der Waals surface area contributed by atoms with Crippen LogP contribution in [0, 0.1) is 11.6 Å². The van der Waals surface area contributed by atoms with Crippen LogP contribution in [0.1, 0.15) is 35.1 Å². The maximum atomic E-state index is 13.8. The quantitative estimate of drug-likeness (QED) is 0.649. The van der Waals surface area contributed by atoms with Gasteiger partial charge >= 0.3 is 5.97 Å². The van der Waals surface area contributed by atoms with Crippen LogP contribution in [-0.4, -0.2) is 18.0 Å². The number of halogens is 2. The van der Waals surface area contributed by atoms with Gasteiger partial charge in [0.15, 0.2) is 6.10 Å². The van der Waals surface area contributed by atoms with Crippen LogP contribution in [0.4, 0.5) is 8.78 Å². The van der Waals surface area contributed by atoms with Crippen molar-refractivity contribution in [1.82, 2.24) is 5.32 Å². The molecule has 3 rings (SSSR count). The normalized spacial score (nSPS) is 13.2. The first kappa shape index (κ1) is 19.0. The molecule has 0 saturated carbocycles. The Kier molecular flexibility index (Phi) is 5.51. The highest BCUT2D eigenvalue weighted by Crippen LogP contribution is 2.28. The number of hydrogen-bond acceptors (Lipinski definition) is 4. The number of esters is 1. The summed E-state index contributed by atoms with van der Waals surface area (Å²) in [4.78, 5) is 24.8. The van der Waals surface area contributed by atoms with E-state index in [1.807, 2.05) is 0 Å². The third-order valence-electron chi connectivity index (χ3n) is 4.09. The topological polar surface area (TPSA) is 55.4 Å². The van der Waals surface area contributed by atoms with Crippen LogP contribution in [-0.2, 0) is 9.53 Å². The third kappa shape index (κ3) is 4.31. The average molecular weight is 389 g/mol. The summed E-state index contributed by atoms with van der Waals surface area (Å²) in [6.45, 7) is 3.20. The molecule has 0 unspecified atom stereocenters. The van der Waals surface area contributed by atoms with Crippen LogP contribution in [0.5, 0.6) is 0 Å². The predicted molar refractivity (Wildman–Crippen MR) is 99.6 cm³/mol. The van der Waals surface area contributed by atoms with Gasteiger partial charge in [0.05, 0.1) is 6.04 Å². The summed E-state index contributed by atoms with van der Waals surface area (Å²) >= 11 is 1.10. The van der Waals surface area contributed by atoms with Gasteiger partial charge in [-0.15, -0.1) is 11.3 Å². The molecule has 2 aromatic carbocycles. The van der Waals surface area contributed by atoms with Crippen molar-refractivity contribution >= 4 is 33.3 Å². The standard InChI is InChI=1S/C20H17F2NO3S/c1-11(13-6-8-14(21)9-7-13)23-19(24)12(2)26-20(25)18-10-15-16(22)4-3-5-17(15)27-18/h3-12H,1-2H3,(H,23,24)/t11-,12-/m0/s1. The Morgan fingerprint density at radius 1 is 1.07 bits per heavy atom. The van der Waals surface area contributed by atoms with Gasteiger partial charge in [0.2, 0.25) is 0 Å². The summed E-state index contributed by atoms with van der Waals surface area (Å²) in [5, 5.41) is 3.06. The monoisotopic (exact) mass is 389 g/mol. The molecule has 0 fully saturated rings. The van der Waals surface area contributed by atoms with E-state index >= 15 is 0 Å². The van der Waals surface area contributed by atoms with Crippen LogP contribution < -0.4 is 5.32 Å². The minimum atomic E-state index is -1.03. The van der Waals surface area contributed by atoms with E-state index < -0.39 is 23.8 Å². The van der Waals surface area contributed by atoms with E-state index in [1.165, 1.54) is 31.2 Å². The lowest BCUT2D eigenvalue weighted by Gasteiger charge is -2.18. The van der Waals surface area contributed by atoms with E-state index in [4.69, 9.17) is 4.74 Å². The zero-order valence-corrected chi connectivity index (χ0v) is 15.5. The molecule has 0 spiro atoms. The van der Waals surface area contributed by atoms with Gasteiger partial charge in [-0.05, 0) is 49.7 Å². The molecule has 1 aromatic heterocycles. The summed E-state index contributed by atoms with van der Waals surface area (Å²) in [6, 6.07) is 11.4. The average Bonchev–Trinajstić information content (AvgIpc) is 3.08. The molecule has 4 nitrogen and oxygen atoms in total. The molecule has 0 bridgehead atoms. The van der Waals surface area contributed by atoms with Gasteiger partial charge in [0.25, 0.3) is 5.91 Å². The number of fused-ring (bicyclic) bond motifs is 1. The number of amides is 1. The first-order valence-corrected chi connectivity index (χ1v) is 9.11. The molecule has 2 atom stereocenters. The minimum Gasteiger partial charge on any atom is -0.448 e. The summed E-state index contributed by atoms with van der Waals surface area (Å²) in [5.41, 5.74) is 0.725. The Balaban J connectivity index is 1.63. The van der Waals surface area contributed by atoms with Crippen molar-refractivity contribution in [1.29, 1.82) is 0 Å². The third-order valence-corrected chi connectivity index (χ3v) is 5.17. The molecule has 1 amide bonds. The summed E-state index contributed by atoms with van der Waals surface area (Å²) in [5.74, 6) is -1.94. The molecule has 0 aliphatic carbocycles. The molecule has 1 N–H and O–H groups in total. The Morgan fingerprint density at radius 2 is 1.78 bits per heavy atom. The van der Waals surface area contributed by atoms with E-state index in [2.05, 4.69) is 5.32 Å². The number of rotatable bonds is 5. The summed E-state index contributed by atoms with van der Waals surface area (Å²) in [6.07, 6.45) is -1.03. The highest BCUT2D eigenvalue weighted by atomic mass is 32.1. The van der Waals surface area contributed by atoms with Gasteiger partial charge in [-0.25, -0.2) is 13.6 Å². The maximum absolute atomic E-state index is 13.8. The summed E-state index contributed by atoms with van der Waals surface area (Å²) in [7, 11) is 0. The van der Waals surface area contributed by atoms with Crippen LogP contribution in [0.15, 0.2) is 48.5 Å². The van der Waals surface area contributed by atoms with Gasteiger partial charge in [0.1, 0.15) is 16.5 Å². The number of carbonyl (C=O) groups excluding carboxylic acids is 2. The fraction of sp³-hybridized carbons (Fsp3) is 0.200. The number of hydrogen-bond donors (Lipinski definition) is 1. The fourth-order valence-corrected chi connectivity index (χ4v) is 3.52. The van der Waals surface area contributed by atoms with Crippen LogP contribution in [0.3, 0.4) is 0 Å². The molecular weight excluding hydrogens is 372 g/mol. The second-order valence-corrected chi connectivity index (χ2v) is 7.18. The molecule has 7 heteroatoms. The van der Waals surface area contributed by atoms with E-state index in [0.29, 0.717) is 10.1 Å².